The first-order chi connectivity index (χ1) is 18.5. The minimum atomic E-state index is -0.542. The Morgan fingerprint density at radius 3 is 2.79 bits per heavy atom. The number of benzene rings is 2. The van der Waals surface area contributed by atoms with E-state index in [0.717, 1.165) is 63.8 Å². The number of halogens is 1. The van der Waals surface area contributed by atoms with Gasteiger partial charge in [-0.3, -0.25) is 5.10 Å². The molecule has 1 atom stereocenters. The van der Waals surface area contributed by atoms with Gasteiger partial charge in [-0.05, 0) is 67.8 Å². The van der Waals surface area contributed by atoms with Gasteiger partial charge in [0.1, 0.15) is 5.82 Å². The molecule has 1 N–H and O–H groups in total. The lowest BCUT2D eigenvalue weighted by molar-refractivity contribution is 0.0593. The van der Waals surface area contributed by atoms with Gasteiger partial charge in [-0.15, -0.1) is 0 Å². The number of aromatic nitrogens is 4. The van der Waals surface area contributed by atoms with Crippen molar-refractivity contribution in [1.29, 1.82) is 0 Å². The molecule has 0 spiro atoms. The van der Waals surface area contributed by atoms with Crippen LogP contribution in [0.15, 0.2) is 48.7 Å². The molecule has 194 valence electrons. The lowest BCUT2D eigenvalue weighted by atomic mass is 9.91. The molecule has 0 bridgehead atoms. The van der Waals surface area contributed by atoms with Crippen LogP contribution in [0.1, 0.15) is 40.5 Å². The summed E-state index contributed by atoms with van der Waals surface area (Å²) in [6.45, 7) is 3.04. The van der Waals surface area contributed by atoms with Crippen molar-refractivity contribution in [2.75, 3.05) is 27.4 Å². The van der Waals surface area contributed by atoms with Gasteiger partial charge >= 0.3 is 5.97 Å². The van der Waals surface area contributed by atoms with Gasteiger partial charge in [-0.25, -0.2) is 14.2 Å². The fraction of sp³-hybridized carbons (Fsp3) is 0.276. The summed E-state index contributed by atoms with van der Waals surface area (Å²) in [4.78, 5) is 16.7. The van der Waals surface area contributed by atoms with E-state index in [9.17, 15) is 9.18 Å². The third kappa shape index (κ3) is 3.90. The fourth-order valence-corrected chi connectivity index (χ4v) is 5.42. The smallest absolute Gasteiger partial charge is 0.356 e. The van der Waals surface area contributed by atoms with Crippen LogP contribution >= 0.6 is 0 Å². The second kappa shape index (κ2) is 9.57. The number of hydrogen-bond donors (Lipinski definition) is 1. The van der Waals surface area contributed by atoms with Gasteiger partial charge in [0.25, 0.3) is 0 Å². The van der Waals surface area contributed by atoms with Crippen LogP contribution in [0.3, 0.4) is 0 Å². The molecule has 1 unspecified atom stereocenters. The fourth-order valence-electron chi connectivity index (χ4n) is 5.42. The summed E-state index contributed by atoms with van der Waals surface area (Å²) in [5.74, 6) is -0.420. The number of pyridine rings is 1. The minimum Gasteiger partial charge on any atom is -0.481 e. The van der Waals surface area contributed by atoms with Crippen LogP contribution in [0.25, 0.3) is 38.6 Å². The number of aryl methyl sites for hydroxylation is 1. The summed E-state index contributed by atoms with van der Waals surface area (Å²) in [5.41, 5.74) is 6.08. The monoisotopic (exact) mass is 514 g/mol. The number of fused-ring (bicyclic) bond motifs is 2. The number of aromatic amines is 1. The molecule has 4 heterocycles. The molecule has 1 aliphatic heterocycles. The number of hydrogen-bond acceptors (Lipinski definition) is 6. The highest BCUT2D eigenvalue weighted by Gasteiger charge is 2.30. The second-order valence-corrected chi connectivity index (χ2v) is 9.51. The van der Waals surface area contributed by atoms with Gasteiger partial charge in [-0.1, -0.05) is 0 Å². The lowest BCUT2D eigenvalue weighted by Gasteiger charge is -2.26. The van der Waals surface area contributed by atoms with Crippen LogP contribution in [0.2, 0.25) is 0 Å². The molecule has 8 nitrogen and oxygen atoms in total. The average Bonchev–Trinajstić information content (AvgIpc) is 3.54. The topological polar surface area (TPSA) is 91.3 Å². The van der Waals surface area contributed by atoms with Crippen molar-refractivity contribution in [2.45, 2.75) is 25.7 Å². The van der Waals surface area contributed by atoms with Crippen LogP contribution in [0, 0.1) is 12.7 Å². The quantitative estimate of drug-likeness (QED) is 0.302. The summed E-state index contributed by atoms with van der Waals surface area (Å²) in [5, 5.41) is 9.21. The lowest BCUT2D eigenvalue weighted by Crippen LogP contribution is -2.19. The van der Waals surface area contributed by atoms with Gasteiger partial charge in [0.05, 0.1) is 38.1 Å². The van der Waals surface area contributed by atoms with Crippen molar-refractivity contribution in [1.82, 2.24) is 19.7 Å². The van der Waals surface area contributed by atoms with Gasteiger partial charge < -0.3 is 18.8 Å². The molecular weight excluding hydrogens is 487 g/mol. The Hall–Kier alpha value is -4.24. The van der Waals surface area contributed by atoms with E-state index in [1.165, 1.54) is 20.3 Å². The largest absolute Gasteiger partial charge is 0.481 e. The Morgan fingerprint density at radius 2 is 2.05 bits per heavy atom. The summed E-state index contributed by atoms with van der Waals surface area (Å²) >= 11 is 0. The van der Waals surface area contributed by atoms with Gasteiger partial charge in [0, 0.05) is 45.8 Å². The maximum absolute atomic E-state index is 14.3. The predicted octanol–water partition coefficient (Wildman–Crippen LogP) is 5.71. The molecule has 0 radical (unpaired) electrons. The Balaban J connectivity index is 1.74. The number of carbonyl (C=O) groups is 1. The Morgan fingerprint density at radius 1 is 1.18 bits per heavy atom. The van der Waals surface area contributed by atoms with Gasteiger partial charge in [-0.2, -0.15) is 5.10 Å². The third-order valence-electron chi connectivity index (χ3n) is 7.23. The molecule has 1 fully saturated rings. The van der Waals surface area contributed by atoms with E-state index in [-0.39, 0.29) is 17.4 Å². The van der Waals surface area contributed by atoms with Crippen molar-refractivity contribution in [3.63, 3.8) is 0 Å². The average molecular weight is 515 g/mol. The molecular formula is C29H27FN4O4. The number of carbonyl (C=O) groups excluding carboxylic acids is 1. The zero-order valence-electron chi connectivity index (χ0n) is 21.4. The number of H-pyrrole nitrogens is 1. The van der Waals surface area contributed by atoms with Crippen LogP contribution in [0.4, 0.5) is 4.39 Å². The maximum Gasteiger partial charge on any atom is 0.356 e. The Bertz CT molecular complexity index is 1680. The van der Waals surface area contributed by atoms with Crippen molar-refractivity contribution < 1.29 is 23.4 Å². The summed E-state index contributed by atoms with van der Waals surface area (Å²) in [6, 6.07) is 12.8. The normalized spacial score (nSPS) is 15.7. The van der Waals surface area contributed by atoms with Crippen molar-refractivity contribution in [2.24, 2.45) is 0 Å². The molecule has 5 aromatic rings. The van der Waals surface area contributed by atoms with Gasteiger partial charge in [0.15, 0.2) is 5.69 Å². The molecule has 38 heavy (non-hydrogen) atoms. The van der Waals surface area contributed by atoms with Crippen LogP contribution in [-0.2, 0) is 9.47 Å². The minimum absolute atomic E-state index is 0.0676. The highest BCUT2D eigenvalue weighted by molar-refractivity contribution is 6.06. The molecule has 0 amide bonds. The zero-order valence-corrected chi connectivity index (χ0v) is 21.4. The van der Waals surface area contributed by atoms with E-state index in [1.807, 2.05) is 12.1 Å². The first-order valence-electron chi connectivity index (χ1n) is 12.5. The number of methoxy groups -OCH3 is 2. The van der Waals surface area contributed by atoms with E-state index < -0.39 is 5.97 Å². The van der Waals surface area contributed by atoms with Crippen LogP contribution in [-0.4, -0.2) is 53.2 Å². The van der Waals surface area contributed by atoms with Crippen LogP contribution < -0.4 is 4.74 Å². The molecule has 0 aliphatic carbocycles. The van der Waals surface area contributed by atoms with E-state index >= 15 is 0 Å². The molecule has 3 aromatic heterocycles. The van der Waals surface area contributed by atoms with Gasteiger partial charge in [0.2, 0.25) is 5.88 Å². The highest BCUT2D eigenvalue weighted by Crippen LogP contribution is 2.46. The van der Waals surface area contributed by atoms with E-state index in [4.69, 9.17) is 14.2 Å². The number of rotatable bonds is 5. The first kappa shape index (κ1) is 24.1. The third-order valence-corrected chi connectivity index (χ3v) is 7.23. The molecule has 1 aliphatic rings. The standard InChI is InChI=1S/C29H27FN4O4/c1-16-11-19(6-8-22(16)30)34-25-12-18-14-31-33-24(18)13-21(25)26(27(34)17-5-4-10-38-15-17)20-7-9-23(29(35)37-3)32-28(20)36-2/h6-9,11-14,17H,4-5,10,15H2,1-3H3,(H,31,33). The Kier molecular flexibility index (Phi) is 6.07. The summed E-state index contributed by atoms with van der Waals surface area (Å²) in [6.07, 6.45) is 3.65. The van der Waals surface area contributed by atoms with Crippen molar-refractivity contribution in [3.8, 4) is 22.7 Å². The number of nitrogens with zero attached hydrogens (tertiary/aromatic N) is 3. The van der Waals surface area contributed by atoms with Crippen molar-refractivity contribution >= 4 is 27.8 Å². The summed E-state index contributed by atoms with van der Waals surface area (Å²) in [7, 11) is 2.85. The van der Waals surface area contributed by atoms with Crippen molar-refractivity contribution in [3.05, 3.63) is 71.4 Å². The number of esters is 1. The second-order valence-electron chi connectivity index (χ2n) is 9.51. The van der Waals surface area contributed by atoms with Crippen LogP contribution in [0.5, 0.6) is 5.88 Å². The van der Waals surface area contributed by atoms with E-state index in [2.05, 4.69) is 31.9 Å². The predicted molar refractivity (Wildman–Crippen MR) is 142 cm³/mol. The number of nitrogens with one attached hydrogen (secondary N) is 1. The summed E-state index contributed by atoms with van der Waals surface area (Å²) < 4.78 is 33.1. The van der Waals surface area contributed by atoms with E-state index in [0.29, 0.717) is 18.1 Å². The molecule has 0 saturated carbocycles. The maximum atomic E-state index is 14.3. The Labute approximate surface area is 218 Å². The molecule has 1 saturated heterocycles. The highest BCUT2D eigenvalue weighted by atomic mass is 19.1. The molecule has 2 aromatic carbocycles. The number of ether oxygens (including phenoxy) is 3. The zero-order chi connectivity index (χ0) is 26.4. The molecule has 9 heteroatoms. The SMILES string of the molecule is COC(=O)c1ccc(-c2c(C3CCCOC3)n(-c3ccc(F)c(C)c3)c3cc4cn[nH]c4cc23)c(OC)n1. The van der Waals surface area contributed by atoms with E-state index in [1.54, 1.807) is 25.3 Å². The first-order valence-corrected chi connectivity index (χ1v) is 12.5. The molecule has 6 rings (SSSR count).